The average Bonchev–Trinajstić information content (AvgIpc) is 2.53. The van der Waals surface area contributed by atoms with E-state index in [9.17, 15) is 4.79 Å². The van der Waals surface area contributed by atoms with E-state index in [2.05, 4.69) is 26.6 Å². The van der Waals surface area contributed by atoms with E-state index >= 15 is 0 Å². The van der Waals surface area contributed by atoms with Crippen LogP contribution in [0.5, 0.6) is 11.5 Å². The molecule has 1 fully saturated rings. The molecule has 7 heteroatoms. The summed E-state index contributed by atoms with van der Waals surface area (Å²) in [7, 11) is 0. The van der Waals surface area contributed by atoms with Crippen LogP contribution in [0.2, 0.25) is 0 Å². The first kappa shape index (κ1) is 21.1. The number of amides is 1. The Hall–Kier alpha value is -0.980. The van der Waals surface area contributed by atoms with E-state index in [1.54, 1.807) is 0 Å². The van der Waals surface area contributed by atoms with Crippen molar-refractivity contribution in [2.24, 2.45) is 0 Å². The molecule has 0 saturated carbocycles. The van der Waals surface area contributed by atoms with Gasteiger partial charge in [0.15, 0.2) is 11.5 Å². The fraction of sp³-hybridized carbons (Fsp3) is 0.588. The highest BCUT2D eigenvalue weighted by Crippen LogP contribution is 2.34. The van der Waals surface area contributed by atoms with Crippen molar-refractivity contribution in [3.05, 3.63) is 22.2 Å². The Kier molecular flexibility index (Phi) is 9.48. The molecule has 0 aromatic heterocycles. The van der Waals surface area contributed by atoms with E-state index in [1.807, 2.05) is 26.0 Å². The summed E-state index contributed by atoms with van der Waals surface area (Å²) in [6.07, 6.45) is 2.30. The highest BCUT2D eigenvalue weighted by molar-refractivity contribution is 9.10. The molecule has 1 heterocycles. The number of ether oxygens (including phenoxy) is 2. The number of hydrogen-bond acceptors (Lipinski definition) is 4. The van der Waals surface area contributed by atoms with Gasteiger partial charge in [0.2, 0.25) is 5.91 Å². The van der Waals surface area contributed by atoms with Gasteiger partial charge in [-0.2, -0.15) is 0 Å². The zero-order valence-electron chi connectivity index (χ0n) is 14.2. The van der Waals surface area contributed by atoms with Crippen LogP contribution in [0.15, 0.2) is 16.6 Å². The number of benzene rings is 1. The van der Waals surface area contributed by atoms with Gasteiger partial charge in [-0.05, 0) is 57.5 Å². The molecule has 1 aliphatic heterocycles. The lowest BCUT2D eigenvalue weighted by molar-refractivity contribution is -0.121. The Morgan fingerprint density at radius 1 is 1.21 bits per heavy atom. The monoisotopic (exact) mass is 420 g/mol. The molecule has 0 bridgehead atoms. The largest absolute Gasteiger partial charge is 0.490 e. The molecule has 0 spiro atoms. The van der Waals surface area contributed by atoms with Crippen molar-refractivity contribution in [3.8, 4) is 11.5 Å². The number of nitrogens with one attached hydrogen (secondary N) is 2. The van der Waals surface area contributed by atoms with Crippen molar-refractivity contribution in [3.63, 3.8) is 0 Å². The highest BCUT2D eigenvalue weighted by Gasteiger charge is 2.17. The van der Waals surface area contributed by atoms with Crippen molar-refractivity contribution in [1.29, 1.82) is 0 Å². The lowest BCUT2D eigenvalue weighted by atomic mass is 10.1. The van der Waals surface area contributed by atoms with Crippen LogP contribution in [0, 0.1) is 0 Å². The molecule has 1 aliphatic rings. The summed E-state index contributed by atoms with van der Waals surface area (Å²) in [6, 6.07) is 4.04. The van der Waals surface area contributed by atoms with E-state index in [4.69, 9.17) is 9.47 Å². The van der Waals surface area contributed by atoms with E-state index in [1.165, 1.54) is 0 Å². The van der Waals surface area contributed by atoms with E-state index in [-0.39, 0.29) is 24.4 Å². The molecule has 1 saturated heterocycles. The van der Waals surface area contributed by atoms with Gasteiger partial charge in [-0.15, -0.1) is 12.4 Å². The van der Waals surface area contributed by atoms with Crippen LogP contribution in [0.1, 0.15) is 32.3 Å². The first-order chi connectivity index (χ1) is 11.1. The summed E-state index contributed by atoms with van der Waals surface area (Å²) in [4.78, 5) is 12.3. The quantitative estimate of drug-likeness (QED) is 0.710. The van der Waals surface area contributed by atoms with E-state index in [0.717, 1.165) is 36.0 Å². The van der Waals surface area contributed by atoms with Crippen molar-refractivity contribution in [1.82, 2.24) is 10.6 Å². The number of rotatable bonds is 7. The number of piperidine rings is 1. The number of carbonyl (C=O) groups excluding carboxylic acids is 1. The van der Waals surface area contributed by atoms with Crippen LogP contribution in [-0.4, -0.2) is 38.3 Å². The Bertz CT molecular complexity index is 537. The molecule has 1 amide bonds. The maximum atomic E-state index is 12.3. The molecule has 1 aromatic carbocycles. The standard InChI is InChI=1S/C17H25BrN2O3.ClH/c1-3-22-15-9-12(14(18)11-16(15)23-4-2)10-17(21)20-13-5-7-19-8-6-13;/h9,11,13,19H,3-8,10H2,1-2H3,(H,20,21);1H. The van der Waals surface area contributed by atoms with Crippen molar-refractivity contribution in [2.45, 2.75) is 39.2 Å². The first-order valence-corrected chi connectivity index (χ1v) is 9.01. The zero-order chi connectivity index (χ0) is 16.7. The molecule has 0 atom stereocenters. The minimum Gasteiger partial charge on any atom is -0.490 e. The van der Waals surface area contributed by atoms with Gasteiger partial charge in [0, 0.05) is 10.5 Å². The van der Waals surface area contributed by atoms with Gasteiger partial charge >= 0.3 is 0 Å². The highest BCUT2D eigenvalue weighted by atomic mass is 79.9. The molecule has 1 aromatic rings. The summed E-state index contributed by atoms with van der Waals surface area (Å²) in [5, 5.41) is 6.41. The molecule has 136 valence electrons. The van der Waals surface area contributed by atoms with Crippen molar-refractivity contribution < 1.29 is 14.3 Å². The normalized spacial score (nSPS) is 14.6. The van der Waals surface area contributed by atoms with Crippen LogP contribution in [-0.2, 0) is 11.2 Å². The topological polar surface area (TPSA) is 59.6 Å². The Labute approximate surface area is 158 Å². The van der Waals surface area contributed by atoms with E-state index in [0.29, 0.717) is 31.1 Å². The summed E-state index contributed by atoms with van der Waals surface area (Å²) < 4.78 is 12.1. The van der Waals surface area contributed by atoms with E-state index < -0.39 is 0 Å². The van der Waals surface area contributed by atoms with Gasteiger partial charge in [-0.1, -0.05) is 15.9 Å². The Balaban J connectivity index is 0.00000288. The maximum Gasteiger partial charge on any atom is 0.224 e. The molecule has 0 radical (unpaired) electrons. The maximum absolute atomic E-state index is 12.3. The number of halogens is 2. The first-order valence-electron chi connectivity index (χ1n) is 8.22. The predicted octanol–water partition coefficient (Wildman–Crippen LogP) is 3.08. The van der Waals surface area contributed by atoms with Crippen LogP contribution < -0.4 is 20.1 Å². The van der Waals surface area contributed by atoms with Crippen molar-refractivity contribution >= 4 is 34.2 Å². The van der Waals surface area contributed by atoms with Gasteiger partial charge in [0.25, 0.3) is 0 Å². The Morgan fingerprint density at radius 3 is 2.38 bits per heavy atom. The molecule has 0 aliphatic carbocycles. The van der Waals surface area contributed by atoms with Gasteiger partial charge in [0.05, 0.1) is 19.6 Å². The smallest absolute Gasteiger partial charge is 0.224 e. The van der Waals surface area contributed by atoms with Crippen LogP contribution in [0.4, 0.5) is 0 Å². The molecule has 5 nitrogen and oxygen atoms in total. The van der Waals surface area contributed by atoms with Gasteiger partial charge in [-0.3, -0.25) is 4.79 Å². The number of hydrogen-bond donors (Lipinski definition) is 2. The van der Waals surface area contributed by atoms with Crippen LogP contribution in [0.3, 0.4) is 0 Å². The third-order valence-corrected chi connectivity index (χ3v) is 4.51. The second kappa shape index (κ2) is 10.8. The molecule has 0 unspecified atom stereocenters. The summed E-state index contributed by atoms with van der Waals surface area (Å²) in [5.41, 5.74) is 0.906. The molecule has 2 rings (SSSR count). The third-order valence-electron chi connectivity index (χ3n) is 3.77. The lowest BCUT2D eigenvalue weighted by Crippen LogP contribution is -2.43. The minimum atomic E-state index is 0. The van der Waals surface area contributed by atoms with Crippen LogP contribution in [0.25, 0.3) is 0 Å². The summed E-state index contributed by atoms with van der Waals surface area (Å²) in [6.45, 7) is 6.92. The lowest BCUT2D eigenvalue weighted by Gasteiger charge is -2.23. The Morgan fingerprint density at radius 2 is 1.79 bits per heavy atom. The van der Waals surface area contributed by atoms with Gasteiger partial charge in [-0.25, -0.2) is 0 Å². The average molecular weight is 422 g/mol. The second-order valence-electron chi connectivity index (χ2n) is 5.52. The fourth-order valence-electron chi connectivity index (χ4n) is 2.67. The predicted molar refractivity (Wildman–Crippen MR) is 101 cm³/mol. The molecular formula is C17H26BrClN2O3. The molecular weight excluding hydrogens is 396 g/mol. The van der Waals surface area contributed by atoms with Gasteiger partial charge in [0.1, 0.15) is 0 Å². The fourth-order valence-corrected chi connectivity index (χ4v) is 3.13. The molecule has 24 heavy (non-hydrogen) atoms. The van der Waals surface area contributed by atoms with Crippen molar-refractivity contribution in [2.75, 3.05) is 26.3 Å². The van der Waals surface area contributed by atoms with Crippen LogP contribution >= 0.6 is 28.3 Å². The SMILES string of the molecule is CCOc1cc(Br)c(CC(=O)NC2CCNCC2)cc1OCC.Cl. The second-order valence-corrected chi connectivity index (χ2v) is 6.38. The summed E-state index contributed by atoms with van der Waals surface area (Å²) in [5.74, 6) is 1.43. The summed E-state index contributed by atoms with van der Waals surface area (Å²) >= 11 is 3.53. The number of carbonyl (C=O) groups is 1. The molecule has 2 N–H and O–H groups in total. The minimum absolute atomic E-state index is 0. The zero-order valence-corrected chi connectivity index (χ0v) is 16.6. The third kappa shape index (κ3) is 6.15. The van der Waals surface area contributed by atoms with Gasteiger partial charge < -0.3 is 20.1 Å².